The molecule has 2 unspecified atom stereocenters. The molecule has 0 amide bonds. The summed E-state index contributed by atoms with van der Waals surface area (Å²) in [5.74, 6) is 2.58. The van der Waals surface area contributed by atoms with Crippen molar-refractivity contribution in [1.82, 2.24) is 10.2 Å². The zero-order valence-corrected chi connectivity index (χ0v) is 11.6. The second-order valence-electron chi connectivity index (χ2n) is 6.03. The highest BCUT2D eigenvalue weighted by molar-refractivity contribution is 4.74. The van der Waals surface area contributed by atoms with Gasteiger partial charge in [-0.2, -0.15) is 0 Å². The van der Waals surface area contributed by atoms with Crippen molar-refractivity contribution >= 4 is 0 Å². The number of nitrogens with zero attached hydrogens (tertiary/aromatic N) is 1. The lowest BCUT2D eigenvalue weighted by Gasteiger charge is -2.30. The highest BCUT2D eigenvalue weighted by Crippen LogP contribution is 2.22. The van der Waals surface area contributed by atoms with Crippen LogP contribution in [-0.4, -0.2) is 38.1 Å². The van der Waals surface area contributed by atoms with Gasteiger partial charge in [0.1, 0.15) is 0 Å². The summed E-state index contributed by atoms with van der Waals surface area (Å²) in [6.07, 6.45) is 4.16. The minimum Gasteiger partial charge on any atom is -0.316 e. The van der Waals surface area contributed by atoms with Crippen molar-refractivity contribution in [3.8, 4) is 0 Å². The van der Waals surface area contributed by atoms with E-state index in [0.717, 1.165) is 17.8 Å². The second kappa shape index (κ2) is 7.29. The molecule has 1 heterocycles. The maximum atomic E-state index is 3.52. The molecule has 2 heteroatoms. The zero-order chi connectivity index (χ0) is 12.0. The van der Waals surface area contributed by atoms with Crippen LogP contribution >= 0.6 is 0 Å². The molecule has 0 spiro atoms. The summed E-state index contributed by atoms with van der Waals surface area (Å²) >= 11 is 0. The molecule has 0 saturated carbocycles. The maximum absolute atomic E-state index is 3.52. The van der Waals surface area contributed by atoms with Crippen molar-refractivity contribution in [3.05, 3.63) is 0 Å². The molecule has 2 nitrogen and oxygen atoms in total. The Morgan fingerprint density at radius 1 is 1.31 bits per heavy atom. The lowest BCUT2D eigenvalue weighted by atomic mass is 9.85. The van der Waals surface area contributed by atoms with Crippen molar-refractivity contribution in [1.29, 1.82) is 0 Å². The molecule has 2 atom stereocenters. The molecule has 0 aliphatic carbocycles. The van der Waals surface area contributed by atoms with Gasteiger partial charge in [0.25, 0.3) is 0 Å². The fourth-order valence-electron chi connectivity index (χ4n) is 2.74. The van der Waals surface area contributed by atoms with Crippen LogP contribution < -0.4 is 5.32 Å². The third-order valence-electron chi connectivity index (χ3n) is 3.78. The van der Waals surface area contributed by atoms with E-state index in [4.69, 9.17) is 0 Å². The van der Waals surface area contributed by atoms with Crippen molar-refractivity contribution in [2.75, 3.05) is 33.2 Å². The van der Waals surface area contributed by atoms with Crippen LogP contribution in [0.15, 0.2) is 0 Å². The highest BCUT2D eigenvalue weighted by atomic mass is 15.1. The molecule has 16 heavy (non-hydrogen) atoms. The molecule has 1 rings (SSSR count). The van der Waals surface area contributed by atoms with Crippen molar-refractivity contribution in [2.45, 2.75) is 40.0 Å². The number of hydrogen-bond acceptors (Lipinski definition) is 2. The third-order valence-corrected chi connectivity index (χ3v) is 3.78. The monoisotopic (exact) mass is 226 g/mol. The van der Waals surface area contributed by atoms with Gasteiger partial charge in [0, 0.05) is 6.54 Å². The smallest absolute Gasteiger partial charge is 0.000133 e. The summed E-state index contributed by atoms with van der Waals surface area (Å²) < 4.78 is 0. The number of rotatable bonds is 6. The molecule has 0 aromatic rings. The summed E-state index contributed by atoms with van der Waals surface area (Å²) in [4.78, 5) is 2.48. The summed E-state index contributed by atoms with van der Waals surface area (Å²) in [5, 5.41) is 3.52. The quantitative estimate of drug-likeness (QED) is 0.749. The van der Waals surface area contributed by atoms with E-state index in [0.29, 0.717) is 0 Å². The van der Waals surface area contributed by atoms with E-state index in [1.165, 1.54) is 45.4 Å². The standard InChI is InChI=1S/C14H30N2/c1-12(2)11-16(4)9-7-13(3)14-6-5-8-15-10-14/h12-15H,5-11H2,1-4H3. The van der Waals surface area contributed by atoms with Crippen molar-refractivity contribution in [3.63, 3.8) is 0 Å². The summed E-state index contributed by atoms with van der Waals surface area (Å²) in [6.45, 7) is 12.0. The Hall–Kier alpha value is -0.0800. The highest BCUT2D eigenvalue weighted by Gasteiger charge is 2.19. The number of piperidine rings is 1. The first-order chi connectivity index (χ1) is 7.59. The van der Waals surface area contributed by atoms with E-state index in [9.17, 15) is 0 Å². The Morgan fingerprint density at radius 2 is 2.06 bits per heavy atom. The fourth-order valence-corrected chi connectivity index (χ4v) is 2.74. The van der Waals surface area contributed by atoms with Crippen LogP contribution in [0.25, 0.3) is 0 Å². The summed E-state index contributed by atoms with van der Waals surface area (Å²) in [6, 6.07) is 0. The van der Waals surface area contributed by atoms with Gasteiger partial charge in [0.2, 0.25) is 0 Å². The lowest BCUT2D eigenvalue weighted by molar-refractivity contribution is 0.222. The molecule has 96 valence electrons. The fraction of sp³-hybridized carbons (Fsp3) is 1.00. The molecule has 0 bridgehead atoms. The molecule has 1 aliphatic heterocycles. The Balaban J connectivity index is 2.15. The molecule has 0 aromatic carbocycles. The summed E-state index contributed by atoms with van der Waals surface area (Å²) in [7, 11) is 2.26. The van der Waals surface area contributed by atoms with E-state index in [2.05, 4.69) is 38.0 Å². The molecular formula is C14H30N2. The SMILES string of the molecule is CC(C)CN(C)CCC(C)C1CCCNC1. The molecule has 0 radical (unpaired) electrons. The van der Waals surface area contributed by atoms with E-state index in [-0.39, 0.29) is 0 Å². The minimum absolute atomic E-state index is 0.789. The Bertz CT molecular complexity index is 174. The van der Waals surface area contributed by atoms with E-state index >= 15 is 0 Å². The number of hydrogen-bond donors (Lipinski definition) is 1. The first-order valence-electron chi connectivity index (χ1n) is 6.99. The van der Waals surface area contributed by atoms with Gasteiger partial charge in [-0.1, -0.05) is 20.8 Å². The van der Waals surface area contributed by atoms with Crippen molar-refractivity contribution in [2.24, 2.45) is 17.8 Å². The topological polar surface area (TPSA) is 15.3 Å². The van der Waals surface area contributed by atoms with Crippen LogP contribution in [0.2, 0.25) is 0 Å². The van der Waals surface area contributed by atoms with Crippen LogP contribution in [-0.2, 0) is 0 Å². The lowest BCUT2D eigenvalue weighted by Crippen LogP contribution is -2.34. The summed E-state index contributed by atoms with van der Waals surface area (Å²) in [5.41, 5.74) is 0. The van der Waals surface area contributed by atoms with E-state index in [1.54, 1.807) is 0 Å². The van der Waals surface area contributed by atoms with E-state index in [1.807, 2.05) is 0 Å². The minimum atomic E-state index is 0.789. The van der Waals surface area contributed by atoms with Gasteiger partial charge in [-0.05, 0) is 63.7 Å². The molecule has 1 saturated heterocycles. The molecule has 1 aliphatic rings. The van der Waals surface area contributed by atoms with Crippen LogP contribution in [0.5, 0.6) is 0 Å². The zero-order valence-electron chi connectivity index (χ0n) is 11.6. The molecular weight excluding hydrogens is 196 g/mol. The van der Waals surface area contributed by atoms with Gasteiger partial charge in [-0.25, -0.2) is 0 Å². The second-order valence-corrected chi connectivity index (χ2v) is 6.03. The molecule has 0 aromatic heterocycles. The van der Waals surface area contributed by atoms with E-state index < -0.39 is 0 Å². The first-order valence-corrected chi connectivity index (χ1v) is 6.99. The predicted octanol–water partition coefficient (Wildman–Crippen LogP) is 2.60. The Morgan fingerprint density at radius 3 is 2.62 bits per heavy atom. The number of nitrogens with one attached hydrogen (secondary N) is 1. The van der Waals surface area contributed by atoms with Crippen LogP contribution in [0.3, 0.4) is 0 Å². The first kappa shape index (κ1) is 14.0. The van der Waals surface area contributed by atoms with Crippen LogP contribution in [0, 0.1) is 17.8 Å². The van der Waals surface area contributed by atoms with Gasteiger partial charge in [0.15, 0.2) is 0 Å². The average molecular weight is 226 g/mol. The normalized spacial score (nSPS) is 24.0. The van der Waals surface area contributed by atoms with Gasteiger partial charge in [0.05, 0.1) is 0 Å². The maximum Gasteiger partial charge on any atom is 0.000133 e. The van der Waals surface area contributed by atoms with Gasteiger partial charge in [-0.15, -0.1) is 0 Å². The van der Waals surface area contributed by atoms with Gasteiger partial charge in [-0.3, -0.25) is 0 Å². The average Bonchev–Trinajstić information content (AvgIpc) is 2.26. The van der Waals surface area contributed by atoms with Crippen LogP contribution in [0.1, 0.15) is 40.0 Å². The van der Waals surface area contributed by atoms with Crippen molar-refractivity contribution < 1.29 is 0 Å². The third kappa shape index (κ3) is 5.31. The largest absolute Gasteiger partial charge is 0.316 e. The Labute approximate surface area is 102 Å². The molecule has 1 fully saturated rings. The van der Waals surface area contributed by atoms with Crippen LogP contribution in [0.4, 0.5) is 0 Å². The predicted molar refractivity (Wildman–Crippen MR) is 71.7 cm³/mol. The van der Waals surface area contributed by atoms with Gasteiger partial charge < -0.3 is 10.2 Å². The van der Waals surface area contributed by atoms with Gasteiger partial charge >= 0.3 is 0 Å². The molecule has 1 N–H and O–H groups in total. The Kier molecular flexibility index (Phi) is 6.37.